The van der Waals surface area contributed by atoms with Crippen molar-refractivity contribution in [2.75, 3.05) is 0 Å². The monoisotopic (exact) mass is 408 g/mol. The van der Waals surface area contributed by atoms with Gasteiger partial charge in [0.2, 0.25) is 0 Å². The Balaban J connectivity index is 2.21. The molecule has 0 bridgehead atoms. The molecule has 0 spiro atoms. The number of rotatable bonds is 5. The van der Waals surface area contributed by atoms with Crippen molar-refractivity contribution in [3.8, 4) is 11.3 Å². The molecule has 0 unspecified atom stereocenters. The van der Waals surface area contributed by atoms with E-state index in [1.54, 1.807) is 0 Å². The van der Waals surface area contributed by atoms with Gasteiger partial charge in [-0.1, -0.05) is 0 Å². The number of unbranched alkanes of at least 4 members (excludes halogenated alkanes) is 1. The van der Waals surface area contributed by atoms with Crippen LogP contribution in [-0.4, -0.2) is 20.9 Å². The molecule has 0 saturated carbocycles. The number of fused-ring (bicyclic) bond motifs is 1. The molecule has 2 nitrogen and oxygen atoms in total. The second-order valence-electron chi connectivity index (χ2n) is 5.16. The standard InChI is InChI=1S/C19H18O2Te/c1-2-3-13-22-18-15-11-7-8-12-16(15)19(20)21-17(18)14-9-5-4-6-10-14/h4-12H,2-3,13H2,1H3. The molecule has 0 aliphatic carbocycles. The fourth-order valence-electron chi connectivity index (χ4n) is 2.42. The van der Waals surface area contributed by atoms with E-state index in [1.165, 1.54) is 20.9 Å². The van der Waals surface area contributed by atoms with Gasteiger partial charge in [-0.2, -0.15) is 0 Å². The Bertz CT molecular complexity index is 822. The number of benzene rings is 2. The molecule has 3 heteroatoms. The quantitative estimate of drug-likeness (QED) is 0.474. The maximum absolute atomic E-state index is 12.3. The van der Waals surface area contributed by atoms with Crippen molar-refractivity contribution in [1.82, 2.24) is 0 Å². The Hall–Kier alpha value is -1.56. The van der Waals surface area contributed by atoms with E-state index >= 15 is 0 Å². The van der Waals surface area contributed by atoms with Crippen LogP contribution < -0.4 is 9.24 Å². The van der Waals surface area contributed by atoms with Gasteiger partial charge in [-0.15, -0.1) is 0 Å². The predicted molar refractivity (Wildman–Crippen MR) is 93.0 cm³/mol. The Morgan fingerprint density at radius 3 is 2.36 bits per heavy atom. The molecule has 2 aromatic carbocycles. The van der Waals surface area contributed by atoms with Gasteiger partial charge in [-0.3, -0.25) is 0 Å². The molecule has 0 aliphatic heterocycles. The van der Waals surface area contributed by atoms with Crippen LogP contribution in [0.15, 0.2) is 63.8 Å². The van der Waals surface area contributed by atoms with Gasteiger partial charge in [0.05, 0.1) is 0 Å². The van der Waals surface area contributed by atoms with Crippen molar-refractivity contribution < 1.29 is 4.42 Å². The molecule has 0 fully saturated rings. The van der Waals surface area contributed by atoms with Crippen molar-refractivity contribution in [2.45, 2.75) is 24.2 Å². The van der Waals surface area contributed by atoms with Gasteiger partial charge in [0.15, 0.2) is 0 Å². The molecule has 0 N–H and O–H groups in total. The summed E-state index contributed by atoms with van der Waals surface area (Å²) in [5.74, 6) is 0.780. The maximum atomic E-state index is 12.3. The molecule has 112 valence electrons. The summed E-state index contributed by atoms with van der Waals surface area (Å²) in [5, 5.41) is 1.79. The minimum atomic E-state index is -0.376. The normalized spacial score (nSPS) is 11.0. The van der Waals surface area contributed by atoms with Crippen LogP contribution >= 0.6 is 0 Å². The molecule has 0 saturated heterocycles. The molecule has 1 heterocycles. The molecule has 0 aliphatic rings. The summed E-state index contributed by atoms with van der Waals surface area (Å²) >= 11 is -0.376. The van der Waals surface area contributed by atoms with Gasteiger partial charge in [0.25, 0.3) is 0 Å². The summed E-state index contributed by atoms with van der Waals surface area (Å²) in [4.78, 5) is 12.3. The first-order valence-corrected chi connectivity index (χ1v) is 10.4. The Kier molecular flexibility index (Phi) is 4.97. The van der Waals surface area contributed by atoms with E-state index in [2.05, 4.69) is 13.0 Å². The van der Waals surface area contributed by atoms with Gasteiger partial charge in [0.1, 0.15) is 0 Å². The second-order valence-corrected chi connectivity index (χ2v) is 8.32. The average molecular weight is 406 g/mol. The van der Waals surface area contributed by atoms with E-state index in [-0.39, 0.29) is 26.5 Å². The van der Waals surface area contributed by atoms with E-state index in [4.69, 9.17) is 4.42 Å². The van der Waals surface area contributed by atoms with Crippen molar-refractivity contribution in [2.24, 2.45) is 0 Å². The van der Waals surface area contributed by atoms with Crippen LogP contribution in [0.3, 0.4) is 0 Å². The first-order valence-electron chi connectivity index (χ1n) is 7.55. The summed E-state index contributed by atoms with van der Waals surface area (Å²) in [6.45, 7) is 2.22. The summed E-state index contributed by atoms with van der Waals surface area (Å²) in [7, 11) is 0. The zero-order valence-corrected chi connectivity index (χ0v) is 14.9. The van der Waals surface area contributed by atoms with Gasteiger partial charge in [0, 0.05) is 0 Å². The van der Waals surface area contributed by atoms with Crippen molar-refractivity contribution in [3.05, 3.63) is 65.0 Å². The third-order valence-corrected chi connectivity index (χ3v) is 6.96. The van der Waals surface area contributed by atoms with E-state index in [0.29, 0.717) is 5.39 Å². The summed E-state index contributed by atoms with van der Waals surface area (Å²) in [6, 6.07) is 17.8. The molecule has 22 heavy (non-hydrogen) atoms. The fourth-order valence-corrected chi connectivity index (χ4v) is 6.02. The van der Waals surface area contributed by atoms with Crippen molar-refractivity contribution in [1.29, 1.82) is 0 Å². The van der Waals surface area contributed by atoms with Crippen LogP contribution in [0.25, 0.3) is 22.1 Å². The molecule has 0 atom stereocenters. The molecular weight excluding hydrogens is 388 g/mol. The SMILES string of the molecule is CCCC[Te]c1c(-c2ccccc2)oc(=O)c2ccccc12. The average Bonchev–Trinajstić information content (AvgIpc) is 2.58. The zero-order chi connectivity index (χ0) is 15.4. The molecule has 0 amide bonds. The van der Waals surface area contributed by atoms with Crippen LogP contribution in [0.5, 0.6) is 0 Å². The summed E-state index contributed by atoms with van der Waals surface area (Å²) in [6.07, 6.45) is 2.45. The predicted octanol–water partition coefficient (Wildman–Crippen LogP) is 4.01. The van der Waals surface area contributed by atoms with E-state index in [9.17, 15) is 4.79 Å². The molecule has 0 radical (unpaired) electrons. The van der Waals surface area contributed by atoms with Crippen LogP contribution in [0.4, 0.5) is 0 Å². The summed E-state index contributed by atoms with van der Waals surface area (Å²) in [5.41, 5.74) is 0.767. The third kappa shape index (κ3) is 3.11. The second kappa shape index (κ2) is 7.13. The van der Waals surface area contributed by atoms with Crippen LogP contribution in [0.2, 0.25) is 4.47 Å². The van der Waals surface area contributed by atoms with Crippen LogP contribution in [0, 0.1) is 0 Å². The van der Waals surface area contributed by atoms with Gasteiger partial charge < -0.3 is 0 Å². The zero-order valence-electron chi connectivity index (χ0n) is 12.5. The van der Waals surface area contributed by atoms with Crippen LogP contribution in [0.1, 0.15) is 19.8 Å². The summed E-state index contributed by atoms with van der Waals surface area (Å²) < 4.78 is 8.23. The van der Waals surface area contributed by atoms with Gasteiger partial charge in [-0.05, 0) is 0 Å². The molecular formula is C19H18O2Te. The van der Waals surface area contributed by atoms with E-state index in [0.717, 1.165) is 16.7 Å². The van der Waals surface area contributed by atoms with E-state index < -0.39 is 0 Å². The number of hydrogen-bond acceptors (Lipinski definition) is 2. The molecule has 3 aromatic rings. The van der Waals surface area contributed by atoms with Gasteiger partial charge in [-0.25, -0.2) is 0 Å². The Labute approximate surface area is 140 Å². The van der Waals surface area contributed by atoms with Crippen LogP contribution in [-0.2, 0) is 0 Å². The topological polar surface area (TPSA) is 30.2 Å². The Morgan fingerprint density at radius 2 is 1.64 bits per heavy atom. The number of hydrogen-bond donors (Lipinski definition) is 0. The Morgan fingerprint density at radius 1 is 0.955 bits per heavy atom. The minimum absolute atomic E-state index is 0.235. The van der Waals surface area contributed by atoms with Gasteiger partial charge >= 0.3 is 140 Å². The van der Waals surface area contributed by atoms with Crippen molar-refractivity contribution >= 4 is 35.3 Å². The fraction of sp³-hybridized carbons (Fsp3) is 0.211. The van der Waals surface area contributed by atoms with E-state index in [1.807, 2.05) is 48.5 Å². The molecule has 1 aromatic heterocycles. The first-order chi connectivity index (χ1) is 10.8. The van der Waals surface area contributed by atoms with Crippen molar-refractivity contribution in [3.63, 3.8) is 0 Å². The first kappa shape index (κ1) is 15.3. The third-order valence-electron chi connectivity index (χ3n) is 3.57. The molecule has 3 rings (SSSR count).